The van der Waals surface area contributed by atoms with E-state index in [-0.39, 0.29) is 0 Å². The van der Waals surface area contributed by atoms with Crippen molar-refractivity contribution in [3.63, 3.8) is 0 Å². The van der Waals surface area contributed by atoms with Crippen molar-refractivity contribution in [1.29, 1.82) is 0 Å². The average Bonchev–Trinajstić information content (AvgIpc) is 2.78. The number of thioether (sulfide) groups is 1. The summed E-state index contributed by atoms with van der Waals surface area (Å²) in [4.78, 5) is 4.05. The zero-order valence-electron chi connectivity index (χ0n) is 13.1. The van der Waals surface area contributed by atoms with Gasteiger partial charge in [0.15, 0.2) is 0 Å². The van der Waals surface area contributed by atoms with E-state index in [1.54, 1.807) is 0 Å². The summed E-state index contributed by atoms with van der Waals surface area (Å²) in [5.41, 5.74) is 2.62. The van der Waals surface area contributed by atoms with Crippen molar-refractivity contribution >= 4 is 11.8 Å². The van der Waals surface area contributed by atoms with Gasteiger partial charge in [0.05, 0.1) is 0 Å². The van der Waals surface area contributed by atoms with Crippen molar-refractivity contribution in [2.45, 2.75) is 47.9 Å². The van der Waals surface area contributed by atoms with E-state index in [2.05, 4.69) is 78.3 Å². The first kappa shape index (κ1) is 14.3. The smallest absolute Gasteiger partial charge is 0.0124 e. The first-order valence-electron chi connectivity index (χ1n) is 8.33. The van der Waals surface area contributed by atoms with Crippen LogP contribution in [0.2, 0.25) is 0 Å². The second-order valence-electron chi connectivity index (χ2n) is 6.65. The maximum Gasteiger partial charge on any atom is 0.0124 e. The first-order valence-corrected chi connectivity index (χ1v) is 9.21. The molecule has 2 heteroatoms. The van der Waals surface area contributed by atoms with Gasteiger partial charge in [-0.25, -0.2) is 0 Å². The molecule has 2 aliphatic heterocycles. The molecular weight excluding hydrogens is 286 g/mol. The van der Waals surface area contributed by atoms with E-state index in [4.69, 9.17) is 0 Å². The minimum absolute atomic E-state index is 0.802. The molecular formula is C20H23NS. The van der Waals surface area contributed by atoms with E-state index in [1.807, 2.05) is 0 Å². The van der Waals surface area contributed by atoms with Crippen LogP contribution >= 0.6 is 11.8 Å². The van der Waals surface area contributed by atoms with E-state index in [9.17, 15) is 0 Å². The molecule has 3 atom stereocenters. The Hall–Kier alpha value is -1.25. The fourth-order valence-corrected chi connectivity index (χ4v) is 5.32. The minimum Gasteiger partial charge on any atom is -0.300 e. The lowest BCUT2D eigenvalue weighted by Gasteiger charge is -2.36. The Balaban J connectivity index is 1.44. The standard InChI is InChI=1S/C20H23NS/c1-21-17-9-10-18(21)14-20(13-17)22-19-11-7-16(8-12-19)15-5-3-2-4-6-15/h2-8,11-12,17-18,20H,9-10,13-14H2,1H3/t17-,18+,20?. The summed E-state index contributed by atoms with van der Waals surface area (Å²) < 4.78 is 0. The molecule has 0 aliphatic carbocycles. The summed E-state index contributed by atoms with van der Waals surface area (Å²) in [6.45, 7) is 0. The zero-order valence-corrected chi connectivity index (χ0v) is 13.9. The van der Waals surface area contributed by atoms with Crippen LogP contribution in [0.4, 0.5) is 0 Å². The summed E-state index contributed by atoms with van der Waals surface area (Å²) >= 11 is 2.09. The van der Waals surface area contributed by atoms with Crippen LogP contribution in [-0.4, -0.2) is 29.3 Å². The van der Waals surface area contributed by atoms with Gasteiger partial charge >= 0.3 is 0 Å². The molecule has 4 rings (SSSR count). The number of hydrogen-bond donors (Lipinski definition) is 0. The molecule has 2 aromatic rings. The van der Waals surface area contributed by atoms with Crippen LogP contribution in [0.15, 0.2) is 59.5 Å². The Morgan fingerprint density at radius 3 is 2.05 bits per heavy atom. The maximum absolute atomic E-state index is 2.62. The van der Waals surface area contributed by atoms with Crippen molar-refractivity contribution in [3.05, 3.63) is 54.6 Å². The van der Waals surface area contributed by atoms with Gasteiger partial charge in [-0.2, -0.15) is 0 Å². The van der Waals surface area contributed by atoms with Crippen LogP contribution in [0.3, 0.4) is 0 Å². The SMILES string of the molecule is CN1[C@@H]2CC[C@H]1CC(Sc1ccc(-c3ccccc3)cc1)C2. The Morgan fingerprint density at radius 1 is 0.818 bits per heavy atom. The van der Waals surface area contributed by atoms with Crippen molar-refractivity contribution < 1.29 is 0 Å². The van der Waals surface area contributed by atoms with Crippen LogP contribution in [0, 0.1) is 0 Å². The molecule has 1 unspecified atom stereocenters. The zero-order chi connectivity index (χ0) is 14.9. The molecule has 0 saturated carbocycles. The fraction of sp³-hybridized carbons (Fsp3) is 0.400. The van der Waals surface area contributed by atoms with Gasteiger partial charge in [0.25, 0.3) is 0 Å². The van der Waals surface area contributed by atoms with Gasteiger partial charge < -0.3 is 4.90 Å². The van der Waals surface area contributed by atoms with Gasteiger partial charge in [-0.15, -0.1) is 11.8 Å². The van der Waals surface area contributed by atoms with Gasteiger partial charge in [-0.1, -0.05) is 42.5 Å². The van der Waals surface area contributed by atoms with E-state index < -0.39 is 0 Å². The van der Waals surface area contributed by atoms with E-state index in [1.165, 1.54) is 41.7 Å². The Morgan fingerprint density at radius 2 is 1.41 bits per heavy atom. The average molecular weight is 309 g/mol. The number of fused-ring (bicyclic) bond motifs is 2. The molecule has 2 heterocycles. The highest BCUT2D eigenvalue weighted by atomic mass is 32.2. The Labute approximate surface area is 137 Å². The molecule has 2 aliphatic rings. The largest absolute Gasteiger partial charge is 0.300 e. The molecule has 2 bridgehead atoms. The second-order valence-corrected chi connectivity index (χ2v) is 8.03. The lowest BCUT2D eigenvalue weighted by atomic mass is 10.0. The molecule has 0 N–H and O–H groups in total. The van der Waals surface area contributed by atoms with E-state index >= 15 is 0 Å². The van der Waals surface area contributed by atoms with Crippen LogP contribution < -0.4 is 0 Å². The highest BCUT2D eigenvalue weighted by molar-refractivity contribution is 8.00. The summed E-state index contributed by atoms with van der Waals surface area (Å²) in [6.07, 6.45) is 5.53. The molecule has 22 heavy (non-hydrogen) atoms. The Bertz CT molecular complexity index is 608. The fourth-order valence-electron chi connectivity index (χ4n) is 4.01. The predicted molar refractivity (Wildman–Crippen MR) is 95.3 cm³/mol. The molecule has 0 amide bonds. The third-order valence-corrected chi connectivity index (χ3v) is 6.58. The maximum atomic E-state index is 2.62. The van der Waals surface area contributed by atoms with E-state index in [0.717, 1.165) is 17.3 Å². The lowest BCUT2D eigenvalue weighted by molar-refractivity contribution is 0.183. The predicted octanol–water partition coefficient (Wildman–Crippen LogP) is 5.07. The van der Waals surface area contributed by atoms with Crippen LogP contribution in [-0.2, 0) is 0 Å². The normalized spacial score (nSPS) is 28.0. The third kappa shape index (κ3) is 2.82. The lowest BCUT2D eigenvalue weighted by Crippen LogP contribution is -2.40. The van der Waals surface area contributed by atoms with Gasteiger partial charge in [0.2, 0.25) is 0 Å². The molecule has 0 spiro atoms. The van der Waals surface area contributed by atoms with Crippen LogP contribution in [0.5, 0.6) is 0 Å². The first-order chi connectivity index (χ1) is 10.8. The molecule has 2 aromatic carbocycles. The highest BCUT2D eigenvalue weighted by Gasteiger charge is 2.38. The number of rotatable bonds is 3. The van der Waals surface area contributed by atoms with Crippen molar-refractivity contribution in [3.8, 4) is 11.1 Å². The third-order valence-electron chi connectivity index (χ3n) is 5.32. The second kappa shape index (κ2) is 6.10. The molecule has 1 nitrogen and oxygen atoms in total. The van der Waals surface area contributed by atoms with Gasteiger partial charge in [-0.3, -0.25) is 0 Å². The summed E-state index contributed by atoms with van der Waals surface area (Å²) in [7, 11) is 2.32. The number of benzene rings is 2. The minimum atomic E-state index is 0.802. The van der Waals surface area contributed by atoms with Crippen molar-refractivity contribution in [1.82, 2.24) is 4.90 Å². The van der Waals surface area contributed by atoms with Crippen LogP contribution in [0.1, 0.15) is 25.7 Å². The number of piperidine rings is 1. The van der Waals surface area contributed by atoms with E-state index in [0.29, 0.717) is 0 Å². The summed E-state index contributed by atoms with van der Waals surface area (Å²) in [5, 5.41) is 0.802. The molecule has 0 radical (unpaired) electrons. The van der Waals surface area contributed by atoms with Gasteiger partial charge in [-0.05, 0) is 56.0 Å². The highest BCUT2D eigenvalue weighted by Crippen LogP contribution is 2.41. The van der Waals surface area contributed by atoms with Crippen LogP contribution in [0.25, 0.3) is 11.1 Å². The summed E-state index contributed by atoms with van der Waals surface area (Å²) in [6, 6.07) is 21.4. The quantitative estimate of drug-likeness (QED) is 0.778. The number of hydrogen-bond acceptors (Lipinski definition) is 2. The molecule has 114 valence electrons. The van der Waals surface area contributed by atoms with Crippen molar-refractivity contribution in [2.24, 2.45) is 0 Å². The van der Waals surface area contributed by atoms with Gasteiger partial charge in [0, 0.05) is 22.2 Å². The molecule has 0 aromatic heterocycles. The van der Waals surface area contributed by atoms with Gasteiger partial charge in [0.1, 0.15) is 0 Å². The molecule has 2 saturated heterocycles. The topological polar surface area (TPSA) is 3.24 Å². The Kier molecular flexibility index (Phi) is 3.98. The van der Waals surface area contributed by atoms with Crippen molar-refractivity contribution in [2.75, 3.05) is 7.05 Å². The summed E-state index contributed by atoms with van der Waals surface area (Å²) in [5.74, 6) is 0. The monoisotopic (exact) mass is 309 g/mol. The number of nitrogens with zero attached hydrogens (tertiary/aromatic N) is 1. The molecule has 2 fully saturated rings.